The molecule has 7 nitrogen and oxygen atoms in total. The van der Waals surface area contributed by atoms with Gasteiger partial charge in [0.25, 0.3) is 11.7 Å². The Morgan fingerprint density at radius 3 is 3.05 bits per heavy atom. The Morgan fingerprint density at radius 2 is 2.32 bits per heavy atom. The Labute approximate surface area is 110 Å². The predicted molar refractivity (Wildman–Crippen MR) is 66.4 cm³/mol. The molecule has 0 aromatic carbocycles. The summed E-state index contributed by atoms with van der Waals surface area (Å²) in [5.74, 6) is 0.356. The third-order valence-corrected chi connectivity index (χ3v) is 3.20. The molecule has 0 saturated carbocycles. The summed E-state index contributed by atoms with van der Waals surface area (Å²) in [6.45, 7) is 3.19. The number of hydrogen-bond acceptors (Lipinski definition) is 5. The number of carbonyl (C=O) groups is 1. The maximum Gasteiger partial charge on any atom is 0.280 e. The van der Waals surface area contributed by atoms with E-state index in [1.807, 2.05) is 6.92 Å². The lowest BCUT2D eigenvalue weighted by Crippen LogP contribution is -2.36. The van der Waals surface area contributed by atoms with Crippen LogP contribution in [0.3, 0.4) is 0 Å². The zero-order valence-corrected chi connectivity index (χ0v) is 10.7. The molecule has 2 aromatic heterocycles. The summed E-state index contributed by atoms with van der Waals surface area (Å²) in [7, 11) is 0. The zero-order valence-electron chi connectivity index (χ0n) is 10.7. The van der Waals surface area contributed by atoms with E-state index in [0.717, 1.165) is 18.5 Å². The van der Waals surface area contributed by atoms with Gasteiger partial charge < -0.3 is 0 Å². The fourth-order valence-corrected chi connectivity index (χ4v) is 2.23. The Bertz CT molecular complexity index is 603. The molecular formula is C12H15N5O2. The molecule has 0 aliphatic carbocycles. The minimum absolute atomic E-state index is 0.151. The van der Waals surface area contributed by atoms with Gasteiger partial charge in [-0.1, -0.05) is 6.92 Å². The van der Waals surface area contributed by atoms with Crippen molar-refractivity contribution < 1.29 is 9.63 Å². The summed E-state index contributed by atoms with van der Waals surface area (Å²) in [6.07, 6.45) is 5.63. The molecule has 0 N–H and O–H groups in total. The zero-order chi connectivity index (χ0) is 13.2. The number of nitrogens with zero attached hydrogens (tertiary/aromatic N) is 5. The van der Waals surface area contributed by atoms with Crippen LogP contribution in [0.5, 0.6) is 0 Å². The summed E-state index contributed by atoms with van der Waals surface area (Å²) in [4.78, 5) is 26.0. The number of hydrogen-bond donors (Lipinski definition) is 0. The molecule has 1 aliphatic rings. The Morgan fingerprint density at radius 1 is 1.42 bits per heavy atom. The van der Waals surface area contributed by atoms with Crippen molar-refractivity contribution in [3.63, 3.8) is 0 Å². The molecular weight excluding hydrogens is 246 g/mol. The molecule has 0 atom stereocenters. The monoisotopic (exact) mass is 261 g/mol. The number of fused-ring (bicyclic) bond motifs is 1. The third-order valence-electron chi connectivity index (χ3n) is 3.20. The first-order chi connectivity index (χ1) is 9.31. The lowest BCUT2D eigenvalue weighted by atomic mass is 10.1. The Balaban J connectivity index is 2.01. The first kappa shape index (κ1) is 12.0. The second kappa shape index (κ2) is 4.93. The molecule has 1 aliphatic heterocycles. The van der Waals surface area contributed by atoms with E-state index in [2.05, 4.69) is 15.1 Å². The largest absolute Gasteiger partial charge is 0.280 e. The number of rotatable bonds is 2. The molecule has 0 spiro atoms. The average molecular weight is 261 g/mol. The molecule has 2 aromatic rings. The number of aryl methyl sites for hydroxylation is 1. The lowest BCUT2D eigenvalue weighted by Gasteiger charge is -2.26. The van der Waals surface area contributed by atoms with E-state index in [-0.39, 0.29) is 5.91 Å². The number of carbonyl (C=O) groups excluding carboxylic acids is 1. The molecule has 19 heavy (non-hydrogen) atoms. The SMILES string of the molecule is CCc1c(C(=O)N2CCCCO2)cnc2ncnn12. The number of aromatic nitrogens is 4. The second-order valence-electron chi connectivity index (χ2n) is 4.39. The van der Waals surface area contributed by atoms with Gasteiger partial charge in [-0.05, 0) is 19.3 Å². The van der Waals surface area contributed by atoms with E-state index >= 15 is 0 Å². The van der Waals surface area contributed by atoms with Gasteiger partial charge >= 0.3 is 0 Å². The van der Waals surface area contributed by atoms with Gasteiger partial charge in [0.1, 0.15) is 6.33 Å². The maximum absolute atomic E-state index is 12.4. The van der Waals surface area contributed by atoms with Gasteiger partial charge in [0, 0.05) is 12.7 Å². The normalized spacial score (nSPS) is 15.9. The van der Waals surface area contributed by atoms with Crippen molar-refractivity contribution in [3.8, 4) is 0 Å². The van der Waals surface area contributed by atoms with Gasteiger partial charge in [0.05, 0.1) is 17.9 Å². The van der Waals surface area contributed by atoms with Crippen molar-refractivity contribution in [1.82, 2.24) is 24.6 Å². The molecule has 1 amide bonds. The van der Waals surface area contributed by atoms with Crippen LogP contribution in [0.1, 0.15) is 35.8 Å². The van der Waals surface area contributed by atoms with Crippen molar-refractivity contribution in [3.05, 3.63) is 23.8 Å². The molecule has 0 radical (unpaired) electrons. The first-order valence-corrected chi connectivity index (χ1v) is 6.43. The summed E-state index contributed by atoms with van der Waals surface area (Å²) in [5.41, 5.74) is 1.34. The Kier molecular flexibility index (Phi) is 3.12. The highest BCUT2D eigenvalue weighted by Crippen LogP contribution is 2.15. The molecule has 7 heteroatoms. The number of hydroxylamine groups is 2. The minimum Gasteiger partial charge on any atom is -0.271 e. The smallest absolute Gasteiger partial charge is 0.271 e. The second-order valence-corrected chi connectivity index (χ2v) is 4.39. The van der Waals surface area contributed by atoms with Crippen molar-refractivity contribution in [2.24, 2.45) is 0 Å². The third kappa shape index (κ3) is 2.06. The quantitative estimate of drug-likeness (QED) is 0.801. The Hall–Kier alpha value is -2.02. The minimum atomic E-state index is -0.151. The fraction of sp³-hybridized carbons (Fsp3) is 0.500. The van der Waals surface area contributed by atoms with Crippen LogP contribution in [0.15, 0.2) is 12.5 Å². The van der Waals surface area contributed by atoms with Crippen molar-refractivity contribution in [2.75, 3.05) is 13.2 Å². The van der Waals surface area contributed by atoms with Crippen LogP contribution in [-0.2, 0) is 11.3 Å². The van der Waals surface area contributed by atoms with Crippen molar-refractivity contribution >= 4 is 11.7 Å². The molecule has 100 valence electrons. The van der Waals surface area contributed by atoms with E-state index in [9.17, 15) is 4.79 Å². The first-order valence-electron chi connectivity index (χ1n) is 6.43. The van der Waals surface area contributed by atoms with Crippen LogP contribution in [0.25, 0.3) is 5.78 Å². The molecule has 0 bridgehead atoms. The van der Waals surface area contributed by atoms with Gasteiger partial charge in [0.2, 0.25) is 0 Å². The molecule has 3 rings (SSSR count). The molecule has 1 saturated heterocycles. The van der Waals surface area contributed by atoms with Crippen molar-refractivity contribution in [1.29, 1.82) is 0 Å². The highest BCUT2D eigenvalue weighted by Gasteiger charge is 2.23. The van der Waals surface area contributed by atoms with Crippen LogP contribution >= 0.6 is 0 Å². The predicted octanol–water partition coefficient (Wildman–Crippen LogP) is 0.854. The van der Waals surface area contributed by atoms with Gasteiger partial charge in [-0.15, -0.1) is 0 Å². The molecule has 3 heterocycles. The molecule has 0 unspecified atom stereocenters. The average Bonchev–Trinajstić information content (AvgIpc) is 2.94. The van der Waals surface area contributed by atoms with Crippen LogP contribution < -0.4 is 0 Å². The van der Waals surface area contributed by atoms with Gasteiger partial charge in [0.15, 0.2) is 0 Å². The summed E-state index contributed by atoms with van der Waals surface area (Å²) in [5, 5.41) is 5.53. The van der Waals surface area contributed by atoms with E-state index in [1.165, 1.54) is 11.4 Å². The molecule has 1 fully saturated rings. The van der Waals surface area contributed by atoms with Crippen molar-refractivity contribution in [2.45, 2.75) is 26.2 Å². The fourth-order valence-electron chi connectivity index (χ4n) is 2.23. The van der Waals surface area contributed by atoms with E-state index in [1.54, 1.807) is 10.7 Å². The summed E-state index contributed by atoms with van der Waals surface area (Å²) >= 11 is 0. The van der Waals surface area contributed by atoms with Crippen LogP contribution in [-0.4, -0.2) is 43.7 Å². The van der Waals surface area contributed by atoms with E-state index in [4.69, 9.17) is 4.84 Å². The highest BCUT2D eigenvalue weighted by molar-refractivity contribution is 5.94. The van der Waals surface area contributed by atoms with E-state index < -0.39 is 0 Å². The van der Waals surface area contributed by atoms with Crippen LogP contribution in [0.2, 0.25) is 0 Å². The van der Waals surface area contributed by atoms with Gasteiger partial charge in [-0.25, -0.2) is 14.6 Å². The standard InChI is InChI=1S/C12H15N5O2/c1-2-10-9(7-13-12-14-8-15-17(10)12)11(18)16-5-3-4-6-19-16/h7-8H,2-6H2,1H3. The highest BCUT2D eigenvalue weighted by atomic mass is 16.7. The lowest BCUT2D eigenvalue weighted by molar-refractivity contribution is -0.144. The summed E-state index contributed by atoms with van der Waals surface area (Å²) in [6, 6.07) is 0. The van der Waals surface area contributed by atoms with E-state index in [0.29, 0.717) is 30.9 Å². The van der Waals surface area contributed by atoms with Crippen LogP contribution in [0, 0.1) is 0 Å². The van der Waals surface area contributed by atoms with Gasteiger partial charge in [-0.2, -0.15) is 10.1 Å². The van der Waals surface area contributed by atoms with Gasteiger partial charge in [-0.3, -0.25) is 9.63 Å². The topological polar surface area (TPSA) is 72.6 Å². The summed E-state index contributed by atoms with van der Waals surface area (Å²) < 4.78 is 1.61. The maximum atomic E-state index is 12.4. The number of amides is 1. The van der Waals surface area contributed by atoms with Crippen LogP contribution in [0.4, 0.5) is 0 Å².